The molecule has 5 rings (SSSR count). The molecule has 0 aliphatic carbocycles. The van der Waals surface area contributed by atoms with Crippen LogP contribution in [0.5, 0.6) is 0 Å². The minimum Gasteiger partial charge on any atom is -0.436 e. The summed E-state index contributed by atoms with van der Waals surface area (Å²) in [5, 5.41) is 2.52. The van der Waals surface area contributed by atoms with Crippen LogP contribution < -0.4 is 0 Å². The Bertz CT molecular complexity index is 1150. The Morgan fingerprint density at radius 1 is 0.600 bits per heavy atom. The Labute approximate surface area is 145 Å². The number of nitrogens with zero attached hydrogens (tertiary/aromatic N) is 1. The van der Waals surface area contributed by atoms with Gasteiger partial charge in [-0.15, -0.1) is 0 Å². The van der Waals surface area contributed by atoms with E-state index < -0.39 is 0 Å². The van der Waals surface area contributed by atoms with Crippen molar-refractivity contribution in [1.29, 1.82) is 0 Å². The molecule has 2 heteroatoms. The van der Waals surface area contributed by atoms with Crippen molar-refractivity contribution in [1.82, 2.24) is 4.98 Å². The molecule has 0 radical (unpaired) electrons. The summed E-state index contributed by atoms with van der Waals surface area (Å²) in [5.41, 5.74) is 5.12. The third-order valence-electron chi connectivity index (χ3n) is 4.53. The first-order chi connectivity index (χ1) is 12.4. The highest BCUT2D eigenvalue weighted by atomic mass is 16.3. The van der Waals surface area contributed by atoms with Gasteiger partial charge in [-0.1, -0.05) is 66.7 Å². The molecule has 0 aliphatic rings. The first kappa shape index (κ1) is 14.0. The van der Waals surface area contributed by atoms with Gasteiger partial charge in [-0.25, -0.2) is 4.98 Å². The molecular formula is C23H15NO. The molecule has 0 saturated heterocycles. The van der Waals surface area contributed by atoms with Crippen LogP contribution >= 0.6 is 0 Å². The summed E-state index contributed by atoms with van der Waals surface area (Å²) < 4.78 is 5.86. The predicted octanol–water partition coefficient (Wildman–Crippen LogP) is 6.32. The van der Waals surface area contributed by atoms with E-state index in [1.165, 1.54) is 21.9 Å². The number of rotatable bonds is 2. The van der Waals surface area contributed by atoms with Gasteiger partial charge in [0.25, 0.3) is 0 Å². The monoisotopic (exact) mass is 321 g/mol. The smallest absolute Gasteiger partial charge is 0.227 e. The van der Waals surface area contributed by atoms with Crippen LogP contribution in [0, 0.1) is 0 Å². The SMILES string of the molecule is c1ccc2c(-c3ccc(-c4nc5ccccc5o4)cc3)cccc2c1. The molecule has 0 amide bonds. The number of aromatic nitrogens is 1. The average Bonchev–Trinajstić information content (AvgIpc) is 3.12. The van der Waals surface area contributed by atoms with Gasteiger partial charge in [0.05, 0.1) is 0 Å². The Morgan fingerprint density at radius 2 is 1.32 bits per heavy atom. The first-order valence-electron chi connectivity index (χ1n) is 8.33. The molecule has 25 heavy (non-hydrogen) atoms. The molecule has 1 heterocycles. The maximum Gasteiger partial charge on any atom is 0.227 e. The fourth-order valence-corrected chi connectivity index (χ4v) is 3.27. The van der Waals surface area contributed by atoms with Gasteiger partial charge in [0, 0.05) is 5.56 Å². The Morgan fingerprint density at radius 3 is 2.20 bits per heavy atom. The highest BCUT2D eigenvalue weighted by molar-refractivity contribution is 5.96. The maximum atomic E-state index is 5.86. The predicted molar refractivity (Wildman–Crippen MR) is 102 cm³/mol. The molecule has 0 saturated carbocycles. The van der Waals surface area contributed by atoms with Crippen molar-refractivity contribution in [2.24, 2.45) is 0 Å². The Kier molecular flexibility index (Phi) is 3.14. The van der Waals surface area contributed by atoms with Crippen molar-refractivity contribution in [2.45, 2.75) is 0 Å². The van der Waals surface area contributed by atoms with Crippen molar-refractivity contribution in [3.8, 4) is 22.6 Å². The second-order valence-corrected chi connectivity index (χ2v) is 6.09. The lowest BCUT2D eigenvalue weighted by Gasteiger charge is -2.07. The molecule has 118 valence electrons. The molecule has 0 unspecified atom stereocenters. The quantitative estimate of drug-likeness (QED) is 0.380. The number of oxazole rings is 1. The summed E-state index contributed by atoms with van der Waals surface area (Å²) in [6.07, 6.45) is 0. The molecule has 0 bridgehead atoms. The Balaban J connectivity index is 1.59. The fraction of sp³-hybridized carbons (Fsp3) is 0. The first-order valence-corrected chi connectivity index (χ1v) is 8.33. The largest absolute Gasteiger partial charge is 0.436 e. The highest BCUT2D eigenvalue weighted by Gasteiger charge is 2.09. The summed E-state index contributed by atoms with van der Waals surface area (Å²) in [4.78, 5) is 4.57. The summed E-state index contributed by atoms with van der Waals surface area (Å²) >= 11 is 0. The number of benzene rings is 4. The standard InChI is InChI=1S/C23H15NO/c1-2-8-19-16(6-1)7-5-9-20(19)17-12-14-18(15-13-17)23-24-21-10-3-4-11-22(21)25-23/h1-15H. The van der Waals surface area contributed by atoms with E-state index in [-0.39, 0.29) is 0 Å². The molecule has 2 nitrogen and oxygen atoms in total. The van der Waals surface area contributed by atoms with Gasteiger partial charge < -0.3 is 4.42 Å². The lowest BCUT2D eigenvalue weighted by molar-refractivity contribution is 0.620. The van der Waals surface area contributed by atoms with Crippen LogP contribution in [0.4, 0.5) is 0 Å². The van der Waals surface area contributed by atoms with Gasteiger partial charge in [-0.05, 0) is 46.2 Å². The van der Waals surface area contributed by atoms with Crippen molar-refractivity contribution in [2.75, 3.05) is 0 Å². The van der Waals surface area contributed by atoms with E-state index in [1.807, 2.05) is 24.3 Å². The lowest BCUT2D eigenvalue weighted by Crippen LogP contribution is -1.82. The number of fused-ring (bicyclic) bond motifs is 2. The molecule has 4 aromatic carbocycles. The summed E-state index contributed by atoms with van der Waals surface area (Å²) in [7, 11) is 0. The molecule has 0 N–H and O–H groups in total. The van der Waals surface area contributed by atoms with Gasteiger partial charge in [-0.3, -0.25) is 0 Å². The van der Waals surface area contributed by atoms with Crippen molar-refractivity contribution in [3.63, 3.8) is 0 Å². The van der Waals surface area contributed by atoms with E-state index in [1.54, 1.807) is 0 Å². The third kappa shape index (κ3) is 2.39. The van der Waals surface area contributed by atoms with Crippen LogP contribution in [-0.2, 0) is 0 Å². The third-order valence-corrected chi connectivity index (χ3v) is 4.53. The van der Waals surface area contributed by atoms with Gasteiger partial charge in [0.2, 0.25) is 5.89 Å². The summed E-state index contributed by atoms with van der Waals surface area (Å²) in [6.45, 7) is 0. The van der Waals surface area contributed by atoms with E-state index >= 15 is 0 Å². The molecular weight excluding hydrogens is 306 g/mol. The van der Waals surface area contributed by atoms with E-state index in [2.05, 4.69) is 71.7 Å². The average molecular weight is 321 g/mol. The molecule has 1 aromatic heterocycles. The lowest BCUT2D eigenvalue weighted by atomic mass is 9.97. The zero-order valence-electron chi connectivity index (χ0n) is 13.5. The van der Waals surface area contributed by atoms with Crippen LogP contribution in [-0.4, -0.2) is 4.98 Å². The molecule has 5 aromatic rings. The number of hydrogen-bond donors (Lipinski definition) is 0. The van der Waals surface area contributed by atoms with E-state index in [0.717, 1.165) is 16.7 Å². The van der Waals surface area contributed by atoms with Crippen molar-refractivity contribution in [3.05, 3.63) is 91.0 Å². The van der Waals surface area contributed by atoms with Gasteiger partial charge in [-0.2, -0.15) is 0 Å². The maximum absolute atomic E-state index is 5.86. The zero-order valence-corrected chi connectivity index (χ0v) is 13.5. The van der Waals surface area contributed by atoms with Crippen LogP contribution in [0.3, 0.4) is 0 Å². The van der Waals surface area contributed by atoms with E-state index in [9.17, 15) is 0 Å². The molecule has 0 spiro atoms. The van der Waals surface area contributed by atoms with E-state index in [0.29, 0.717) is 5.89 Å². The molecule has 0 atom stereocenters. The van der Waals surface area contributed by atoms with Gasteiger partial charge in [0.1, 0.15) is 5.52 Å². The van der Waals surface area contributed by atoms with Crippen molar-refractivity contribution >= 4 is 21.9 Å². The Hall–Kier alpha value is -3.39. The summed E-state index contributed by atoms with van der Waals surface area (Å²) in [5.74, 6) is 0.658. The minimum atomic E-state index is 0.658. The van der Waals surface area contributed by atoms with Crippen LogP contribution in [0.25, 0.3) is 44.5 Å². The summed E-state index contributed by atoms with van der Waals surface area (Å²) in [6, 6.07) is 31.1. The van der Waals surface area contributed by atoms with Crippen LogP contribution in [0.1, 0.15) is 0 Å². The van der Waals surface area contributed by atoms with E-state index in [4.69, 9.17) is 4.42 Å². The van der Waals surface area contributed by atoms with Crippen LogP contribution in [0.2, 0.25) is 0 Å². The zero-order chi connectivity index (χ0) is 16.6. The molecule has 0 fully saturated rings. The second kappa shape index (κ2) is 5.60. The topological polar surface area (TPSA) is 26.0 Å². The van der Waals surface area contributed by atoms with Crippen molar-refractivity contribution < 1.29 is 4.42 Å². The molecule has 0 aliphatic heterocycles. The van der Waals surface area contributed by atoms with Gasteiger partial charge >= 0.3 is 0 Å². The van der Waals surface area contributed by atoms with Crippen LogP contribution in [0.15, 0.2) is 95.4 Å². The highest BCUT2D eigenvalue weighted by Crippen LogP contribution is 2.31. The fourth-order valence-electron chi connectivity index (χ4n) is 3.27. The normalized spacial score (nSPS) is 11.2. The number of hydrogen-bond acceptors (Lipinski definition) is 2. The second-order valence-electron chi connectivity index (χ2n) is 6.09. The van der Waals surface area contributed by atoms with Gasteiger partial charge in [0.15, 0.2) is 5.58 Å². The minimum absolute atomic E-state index is 0.658. The number of para-hydroxylation sites is 2.